The maximum atomic E-state index is 12.1. The van der Waals surface area contributed by atoms with Crippen LogP contribution in [0, 0.1) is 11.8 Å². The van der Waals surface area contributed by atoms with E-state index in [1.54, 1.807) is 30.1 Å². The smallest absolute Gasteiger partial charge is 0.359 e. The number of hydrogen-bond donors (Lipinski definition) is 1. The van der Waals surface area contributed by atoms with Crippen molar-refractivity contribution in [3.05, 3.63) is 84.1 Å². The van der Waals surface area contributed by atoms with Crippen molar-refractivity contribution in [3.8, 4) is 17.5 Å². The average molecular weight is 398 g/mol. The minimum Gasteiger partial charge on any atom is -0.464 e. The Morgan fingerprint density at radius 2 is 1.87 bits per heavy atom. The van der Waals surface area contributed by atoms with Gasteiger partial charge in [-0.05, 0) is 37.3 Å². The first-order valence-corrected chi connectivity index (χ1v) is 9.19. The van der Waals surface area contributed by atoms with Crippen molar-refractivity contribution in [2.24, 2.45) is 0 Å². The van der Waals surface area contributed by atoms with Crippen LogP contribution in [0.2, 0.25) is 0 Å². The molecule has 0 unspecified atom stereocenters. The lowest BCUT2D eigenvalue weighted by atomic mass is 10.1. The Bertz CT molecular complexity index is 1280. The van der Waals surface area contributed by atoms with Crippen molar-refractivity contribution in [2.75, 3.05) is 7.11 Å². The molecule has 0 aliphatic heterocycles. The van der Waals surface area contributed by atoms with Gasteiger partial charge in [0.05, 0.1) is 18.3 Å². The van der Waals surface area contributed by atoms with Crippen molar-refractivity contribution >= 4 is 16.9 Å². The van der Waals surface area contributed by atoms with Gasteiger partial charge in [-0.3, -0.25) is 0 Å². The number of para-hydroxylation sites is 1. The number of aromatic nitrogens is 4. The SMILES string of the molecule is COC(=O)c1nn(-c2cccc(C#C[C@@](C)(O)c3ncccn3)c2)c2ccccc12. The number of hydrogen-bond acceptors (Lipinski definition) is 6. The molecule has 7 nitrogen and oxygen atoms in total. The highest BCUT2D eigenvalue weighted by molar-refractivity contribution is 6.02. The first-order valence-electron chi connectivity index (χ1n) is 9.19. The Morgan fingerprint density at radius 3 is 2.63 bits per heavy atom. The van der Waals surface area contributed by atoms with Gasteiger partial charge in [-0.1, -0.05) is 36.1 Å². The lowest BCUT2D eigenvalue weighted by Gasteiger charge is -2.13. The lowest BCUT2D eigenvalue weighted by Crippen LogP contribution is -2.21. The molecule has 4 rings (SSSR count). The van der Waals surface area contributed by atoms with Crippen LogP contribution < -0.4 is 0 Å². The molecule has 0 radical (unpaired) electrons. The van der Waals surface area contributed by atoms with E-state index in [1.807, 2.05) is 48.5 Å². The standard InChI is InChI=1S/C23H18N4O3/c1-23(29,22-24-13-6-14-25-22)12-11-16-7-5-8-17(15-16)27-19-10-4-3-9-18(19)20(26-27)21(28)30-2/h3-10,13-15,29H,1-2H3/t23-/m1/s1. The Morgan fingerprint density at radius 1 is 1.10 bits per heavy atom. The van der Waals surface area contributed by atoms with Gasteiger partial charge in [0, 0.05) is 23.3 Å². The predicted octanol–water partition coefficient (Wildman–Crippen LogP) is 2.86. The minimum absolute atomic E-state index is 0.231. The topological polar surface area (TPSA) is 90.1 Å². The summed E-state index contributed by atoms with van der Waals surface area (Å²) in [6.45, 7) is 1.54. The van der Waals surface area contributed by atoms with Gasteiger partial charge in [0.2, 0.25) is 0 Å². The van der Waals surface area contributed by atoms with Crippen molar-refractivity contribution in [2.45, 2.75) is 12.5 Å². The molecule has 2 heterocycles. The molecule has 30 heavy (non-hydrogen) atoms. The number of methoxy groups -OCH3 is 1. The molecule has 0 fully saturated rings. The van der Waals surface area contributed by atoms with Gasteiger partial charge in [0.1, 0.15) is 0 Å². The van der Waals surface area contributed by atoms with E-state index in [1.165, 1.54) is 7.11 Å². The van der Waals surface area contributed by atoms with E-state index in [9.17, 15) is 9.90 Å². The predicted molar refractivity (Wildman–Crippen MR) is 111 cm³/mol. The maximum absolute atomic E-state index is 12.1. The number of benzene rings is 2. The van der Waals surface area contributed by atoms with Crippen LogP contribution >= 0.6 is 0 Å². The summed E-state index contributed by atoms with van der Waals surface area (Å²) in [7, 11) is 1.33. The molecule has 0 aliphatic rings. The van der Waals surface area contributed by atoms with Crippen LogP contribution in [0.25, 0.3) is 16.6 Å². The summed E-state index contributed by atoms with van der Waals surface area (Å²) < 4.78 is 6.53. The zero-order valence-electron chi connectivity index (χ0n) is 16.4. The number of fused-ring (bicyclic) bond motifs is 1. The van der Waals surface area contributed by atoms with E-state index in [-0.39, 0.29) is 11.5 Å². The van der Waals surface area contributed by atoms with Gasteiger partial charge in [-0.2, -0.15) is 5.10 Å². The summed E-state index contributed by atoms with van der Waals surface area (Å²) in [5.41, 5.74) is 0.918. The van der Waals surface area contributed by atoms with Gasteiger partial charge < -0.3 is 9.84 Å². The van der Waals surface area contributed by atoms with Crippen molar-refractivity contribution in [1.82, 2.24) is 19.7 Å². The molecule has 148 valence electrons. The minimum atomic E-state index is -1.49. The Kier molecular flexibility index (Phi) is 5.00. The van der Waals surface area contributed by atoms with Crippen LogP contribution in [0.5, 0.6) is 0 Å². The number of rotatable bonds is 3. The van der Waals surface area contributed by atoms with Crippen LogP contribution in [-0.2, 0) is 10.3 Å². The lowest BCUT2D eigenvalue weighted by molar-refractivity contribution is 0.0595. The monoisotopic (exact) mass is 398 g/mol. The highest BCUT2D eigenvalue weighted by atomic mass is 16.5. The van der Waals surface area contributed by atoms with Crippen molar-refractivity contribution in [3.63, 3.8) is 0 Å². The fourth-order valence-corrected chi connectivity index (χ4v) is 3.03. The molecule has 4 aromatic rings. The highest BCUT2D eigenvalue weighted by Gasteiger charge is 2.23. The Labute approximate surface area is 173 Å². The second kappa shape index (κ2) is 7.78. The molecule has 2 aromatic carbocycles. The summed E-state index contributed by atoms with van der Waals surface area (Å²) in [5, 5.41) is 15.8. The summed E-state index contributed by atoms with van der Waals surface area (Å²) in [5.74, 6) is 5.52. The van der Waals surface area contributed by atoms with Gasteiger partial charge in [0.15, 0.2) is 17.1 Å². The molecular formula is C23H18N4O3. The zero-order valence-corrected chi connectivity index (χ0v) is 16.4. The second-order valence-corrected chi connectivity index (χ2v) is 6.71. The summed E-state index contributed by atoms with van der Waals surface area (Å²) in [6, 6.07) is 16.5. The average Bonchev–Trinajstić information content (AvgIpc) is 3.18. The molecule has 0 saturated heterocycles. The molecule has 0 aliphatic carbocycles. The van der Waals surface area contributed by atoms with E-state index in [0.29, 0.717) is 10.9 Å². The fourth-order valence-electron chi connectivity index (χ4n) is 3.03. The number of esters is 1. The Balaban J connectivity index is 1.75. The van der Waals surface area contributed by atoms with Crippen LogP contribution in [0.15, 0.2) is 67.0 Å². The zero-order chi connectivity index (χ0) is 21.1. The van der Waals surface area contributed by atoms with Crippen LogP contribution in [-0.4, -0.2) is 37.9 Å². The van der Waals surface area contributed by atoms with Crippen LogP contribution in [0.3, 0.4) is 0 Å². The molecule has 0 bridgehead atoms. The van der Waals surface area contributed by atoms with E-state index in [0.717, 1.165) is 11.2 Å². The maximum Gasteiger partial charge on any atom is 0.359 e. The summed E-state index contributed by atoms with van der Waals surface area (Å²) >= 11 is 0. The molecule has 0 amide bonds. The molecule has 7 heteroatoms. The second-order valence-electron chi connectivity index (χ2n) is 6.71. The van der Waals surface area contributed by atoms with Gasteiger partial charge >= 0.3 is 5.97 Å². The van der Waals surface area contributed by atoms with Crippen molar-refractivity contribution < 1.29 is 14.6 Å². The summed E-state index contributed by atoms with van der Waals surface area (Å²) in [4.78, 5) is 20.3. The molecule has 1 N–H and O–H groups in total. The van der Waals surface area contributed by atoms with E-state index in [4.69, 9.17) is 4.74 Å². The van der Waals surface area contributed by atoms with E-state index >= 15 is 0 Å². The molecule has 2 aromatic heterocycles. The van der Waals surface area contributed by atoms with Crippen LogP contribution in [0.4, 0.5) is 0 Å². The third-order valence-electron chi connectivity index (χ3n) is 4.51. The highest BCUT2D eigenvalue weighted by Crippen LogP contribution is 2.23. The van der Waals surface area contributed by atoms with Gasteiger partial charge in [0.25, 0.3) is 0 Å². The number of aliphatic hydroxyl groups is 1. The molecule has 0 saturated carbocycles. The Hall–Kier alpha value is -4.02. The molecule has 1 atom stereocenters. The number of ether oxygens (including phenoxy) is 1. The van der Waals surface area contributed by atoms with Crippen LogP contribution in [0.1, 0.15) is 28.8 Å². The molecular weight excluding hydrogens is 380 g/mol. The third-order valence-corrected chi connectivity index (χ3v) is 4.51. The quantitative estimate of drug-likeness (QED) is 0.422. The van der Waals surface area contributed by atoms with Gasteiger partial charge in [-0.25, -0.2) is 19.4 Å². The fraction of sp³-hybridized carbons (Fsp3) is 0.130. The number of nitrogens with zero attached hydrogens (tertiary/aromatic N) is 4. The van der Waals surface area contributed by atoms with Crippen molar-refractivity contribution in [1.29, 1.82) is 0 Å². The van der Waals surface area contributed by atoms with E-state index in [2.05, 4.69) is 26.9 Å². The largest absolute Gasteiger partial charge is 0.464 e. The molecule has 0 spiro atoms. The first-order chi connectivity index (χ1) is 14.5. The van der Waals surface area contributed by atoms with Gasteiger partial charge in [-0.15, -0.1) is 0 Å². The number of carbonyl (C=O) groups is 1. The first kappa shape index (κ1) is 19.3. The third kappa shape index (κ3) is 3.64. The summed E-state index contributed by atoms with van der Waals surface area (Å²) in [6.07, 6.45) is 3.11. The normalized spacial score (nSPS) is 12.6. The number of carbonyl (C=O) groups excluding carboxylic acids is 1. The van der Waals surface area contributed by atoms with E-state index < -0.39 is 11.6 Å².